The first-order valence-electron chi connectivity index (χ1n) is 6.73. The van der Waals surface area contributed by atoms with Crippen molar-refractivity contribution in [1.29, 1.82) is 0 Å². The van der Waals surface area contributed by atoms with Gasteiger partial charge in [-0.1, -0.05) is 25.5 Å². The van der Waals surface area contributed by atoms with Gasteiger partial charge in [0.1, 0.15) is 0 Å². The van der Waals surface area contributed by atoms with Crippen LogP contribution in [0.1, 0.15) is 44.8 Å². The molecule has 1 aromatic rings. The normalized spacial score (nSPS) is 22.5. The Balaban J connectivity index is 2.06. The summed E-state index contributed by atoms with van der Waals surface area (Å²) in [5.74, 6) is 0.847. The van der Waals surface area contributed by atoms with Crippen LogP contribution in [0.2, 0.25) is 0 Å². The van der Waals surface area contributed by atoms with E-state index in [4.69, 9.17) is 0 Å². The van der Waals surface area contributed by atoms with Crippen LogP contribution in [0.15, 0.2) is 24.3 Å². The Morgan fingerprint density at radius 3 is 2.65 bits per heavy atom. The van der Waals surface area contributed by atoms with Crippen LogP contribution in [0, 0.1) is 5.92 Å². The fraction of sp³-hybridized carbons (Fsp3) is 0.600. The first-order chi connectivity index (χ1) is 8.20. The lowest BCUT2D eigenvalue weighted by Crippen LogP contribution is -2.35. The molecule has 1 aliphatic heterocycles. The first kappa shape index (κ1) is 12.4. The fourth-order valence-electron chi connectivity index (χ4n) is 2.60. The van der Waals surface area contributed by atoms with Crippen molar-refractivity contribution < 1.29 is 5.11 Å². The molecule has 1 aromatic carbocycles. The third-order valence-corrected chi connectivity index (χ3v) is 3.84. The Labute approximate surface area is 104 Å². The second-order valence-electron chi connectivity index (χ2n) is 5.13. The average molecular weight is 233 g/mol. The van der Waals surface area contributed by atoms with Crippen molar-refractivity contribution in [3.8, 4) is 0 Å². The standard InChI is InChI=1S/C15H23NO/c1-3-13-5-4-10-16(11-13)15-8-6-14(7-9-15)12(2)17/h6-9,12-13,17H,3-5,10-11H2,1-2H3. The number of piperidine rings is 1. The lowest BCUT2D eigenvalue weighted by atomic mass is 9.95. The molecule has 2 nitrogen and oxygen atoms in total. The van der Waals surface area contributed by atoms with Gasteiger partial charge in [0.05, 0.1) is 6.10 Å². The minimum absolute atomic E-state index is 0.367. The van der Waals surface area contributed by atoms with E-state index in [2.05, 4.69) is 24.0 Å². The highest BCUT2D eigenvalue weighted by atomic mass is 16.3. The van der Waals surface area contributed by atoms with Gasteiger partial charge in [0.15, 0.2) is 0 Å². The Kier molecular flexibility index (Phi) is 4.06. The van der Waals surface area contributed by atoms with Gasteiger partial charge in [-0.05, 0) is 43.4 Å². The van der Waals surface area contributed by atoms with Crippen LogP contribution in [0.3, 0.4) is 0 Å². The summed E-state index contributed by atoms with van der Waals surface area (Å²) < 4.78 is 0. The van der Waals surface area contributed by atoms with Crippen molar-refractivity contribution in [1.82, 2.24) is 0 Å². The van der Waals surface area contributed by atoms with E-state index in [0.717, 1.165) is 11.5 Å². The van der Waals surface area contributed by atoms with Crippen LogP contribution in [-0.2, 0) is 0 Å². The van der Waals surface area contributed by atoms with E-state index in [1.54, 1.807) is 0 Å². The number of benzene rings is 1. The van der Waals surface area contributed by atoms with Crippen molar-refractivity contribution >= 4 is 5.69 Å². The fourth-order valence-corrected chi connectivity index (χ4v) is 2.60. The molecule has 94 valence electrons. The third kappa shape index (κ3) is 3.01. The largest absolute Gasteiger partial charge is 0.389 e. The quantitative estimate of drug-likeness (QED) is 0.865. The van der Waals surface area contributed by atoms with Crippen LogP contribution in [0.25, 0.3) is 0 Å². The zero-order valence-electron chi connectivity index (χ0n) is 10.9. The summed E-state index contributed by atoms with van der Waals surface area (Å²) >= 11 is 0. The van der Waals surface area contributed by atoms with E-state index in [9.17, 15) is 5.11 Å². The molecule has 1 saturated heterocycles. The second-order valence-corrected chi connectivity index (χ2v) is 5.13. The van der Waals surface area contributed by atoms with Gasteiger partial charge in [-0.25, -0.2) is 0 Å². The van der Waals surface area contributed by atoms with Gasteiger partial charge in [-0.3, -0.25) is 0 Å². The maximum absolute atomic E-state index is 9.49. The third-order valence-electron chi connectivity index (χ3n) is 3.84. The summed E-state index contributed by atoms with van der Waals surface area (Å²) in [4.78, 5) is 2.48. The van der Waals surface area contributed by atoms with Crippen molar-refractivity contribution in [2.75, 3.05) is 18.0 Å². The summed E-state index contributed by atoms with van der Waals surface area (Å²) in [5.41, 5.74) is 2.30. The highest BCUT2D eigenvalue weighted by Gasteiger charge is 2.18. The molecule has 2 rings (SSSR count). The van der Waals surface area contributed by atoms with Crippen LogP contribution in [0.5, 0.6) is 0 Å². The summed E-state index contributed by atoms with van der Waals surface area (Å²) in [5, 5.41) is 9.49. The second kappa shape index (κ2) is 5.54. The predicted octanol–water partition coefficient (Wildman–Crippen LogP) is 3.37. The molecule has 0 bridgehead atoms. The number of hydrogen-bond donors (Lipinski definition) is 1. The minimum atomic E-state index is -0.367. The summed E-state index contributed by atoms with van der Waals surface area (Å²) in [6.45, 7) is 6.45. The Morgan fingerprint density at radius 1 is 1.35 bits per heavy atom. The van der Waals surface area contributed by atoms with Gasteiger partial charge in [0.2, 0.25) is 0 Å². The number of hydrogen-bond acceptors (Lipinski definition) is 2. The molecule has 1 fully saturated rings. The molecular weight excluding hydrogens is 210 g/mol. The molecule has 2 unspecified atom stereocenters. The molecule has 0 saturated carbocycles. The van der Waals surface area contributed by atoms with Crippen molar-refractivity contribution in [3.05, 3.63) is 29.8 Å². The maximum atomic E-state index is 9.49. The van der Waals surface area contributed by atoms with Crippen LogP contribution < -0.4 is 4.90 Å². The average Bonchev–Trinajstić information content (AvgIpc) is 2.39. The van der Waals surface area contributed by atoms with E-state index in [1.807, 2.05) is 19.1 Å². The molecule has 0 aromatic heterocycles. The smallest absolute Gasteiger partial charge is 0.0761 e. The van der Waals surface area contributed by atoms with E-state index in [1.165, 1.54) is 38.0 Å². The maximum Gasteiger partial charge on any atom is 0.0761 e. The predicted molar refractivity (Wildman–Crippen MR) is 72.3 cm³/mol. The number of anilines is 1. The lowest BCUT2D eigenvalue weighted by Gasteiger charge is -2.34. The molecular formula is C15H23NO. The first-order valence-corrected chi connectivity index (χ1v) is 6.73. The Morgan fingerprint density at radius 2 is 2.06 bits per heavy atom. The van der Waals surface area contributed by atoms with Gasteiger partial charge >= 0.3 is 0 Å². The van der Waals surface area contributed by atoms with Crippen LogP contribution in [0.4, 0.5) is 5.69 Å². The molecule has 0 spiro atoms. The van der Waals surface area contributed by atoms with Crippen molar-refractivity contribution in [2.24, 2.45) is 5.92 Å². The van der Waals surface area contributed by atoms with Gasteiger partial charge in [-0.15, -0.1) is 0 Å². The van der Waals surface area contributed by atoms with Crippen molar-refractivity contribution in [2.45, 2.75) is 39.2 Å². The SMILES string of the molecule is CCC1CCCN(c2ccc(C(C)O)cc2)C1. The van der Waals surface area contributed by atoms with E-state index < -0.39 is 0 Å². The Hall–Kier alpha value is -1.02. The molecule has 2 heteroatoms. The Bertz CT molecular complexity index is 344. The monoisotopic (exact) mass is 233 g/mol. The topological polar surface area (TPSA) is 23.5 Å². The highest BCUT2D eigenvalue weighted by Crippen LogP contribution is 2.25. The molecule has 2 atom stereocenters. The molecule has 1 heterocycles. The van der Waals surface area contributed by atoms with E-state index >= 15 is 0 Å². The van der Waals surface area contributed by atoms with Crippen LogP contribution in [-0.4, -0.2) is 18.2 Å². The molecule has 0 aliphatic carbocycles. The van der Waals surface area contributed by atoms with Gasteiger partial charge in [0, 0.05) is 18.8 Å². The molecule has 1 aliphatic rings. The van der Waals surface area contributed by atoms with Gasteiger partial charge < -0.3 is 10.0 Å². The summed E-state index contributed by atoms with van der Waals surface area (Å²) in [7, 11) is 0. The summed E-state index contributed by atoms with van der Waals surface area (Å²) in [6, 6.07) is 8.35. The number of aliphatic hydroxyl groups is 1. The number of rotatable bonds is 3. The van der Waals surface area contributed by atoms with Gasteiger partial charge in [-0.2, -0.15) is 0 Å². The zero-order valence-corrected chi connectivity index (χ0v) is 10.9. The molecule has 0 amide bonds. The van der Waals surface area contributed by atoms with Crippen molar-refractivity contribution in [3.63, 3.8) is 0 Å². The highest BCUT2D eigenvalue weighted by molar-refractivity contribution is 5.48. The molecule has 0 radical (unpaired) electrons. The number of nitrogens with zero attached hydrogens (tertiary/aromatic N) is 1. The van der Waals surface area contributed by atoms with Crippen LogP contribution >= 0.6 is 0 Å². The van der Waals surface area contributed by atoms with E-state index in [0.29, 0.717) is 0 Å². The lowest BCUT2D eigenvalue weighted by molar-refractivity contribution is 0.199. The minimum Gasteiger partial charge on any atom is -0.389 e. The van der Waals surface area contributed by atoms with Gasteiger partial charge in [0.25, 0.3) is 0 Å². The molecule has 1 N–H and O–H groups in total. The number of aliphatic hydroxyl groups excluding tert-OH is 1. The zero-order chi connectivity index (χ0) is 12.3. The van der Waals surface area contributed by atoms with E-state index in [-0.39, 0.29) is 6.10 Å². The molecule has 17 heavy (non-hydrogen) atoms. The summed E-state index contributed by atoms with van der Waals surface area (Å²) in [6.07, 6.45) is 3.59.